The van der Waals surface area contributed by atoms with Crippen LogP contribution in [0.5, 0.6) is 0 Å². The van der Waals surface area contributed by atoms with E-state index in [0.29, 0.717) is 6.42 Å². The number of nitrogens with one attached hydrogen (secondary N) is 1. The highest BCUT2D eigenvalue weighted by Crippen LogP contribution is 2.54. The van der Waals surface area contributed by atoms with Gasteiger partial charge in [-0.15, -0.1) is 0 Å². The molecular formula is C26H28ClF3N4O2. The molecule has 36 heavy (non-hydrogen) atoms. The van der Waals surface area contributed by atoms with Crippen molar-refractivity contribution >= 4 is 29.1 Å². The Bertz CT molecular complexity index is 1160. The maximum absolute atomic E-state index is 14.4. The molecule has 0 saturated heterocycles. The van der Waals surface area contributed by atoms with E-state index in [1.165, 1.54) is 25.6 Å². The summed E-state index contributed by atoms with van der Waals surface area (Å²) in [5.74, 6) is -5.64. The van der Waals surface area contributed by atoms with Crippen molar-refractivity contribution < 1.29 is 22.8 Å². The molecule has 0 radical (unpaired) electrons. The number of carbonyl (C=O) groups is 2. The van der Waals surface area contributed by atoms with Gasteiger partial charge in [-0.25, -0.2) is 23.1 Å². The summed E-state index contributed by atoms with van der Waals surface area (Å²) in [6, 6.07) is 6.59. The summed E-state index contributed by atoms with van der Waals surface area (Å²) in [6.07, 6.45) is 6.32. The van der Waals surface area contributed by atoms with Crippen molar-refractivity contribution in [2.75, 3.05) is 4.90 Å². The number of benzene rings is 1. The monoisotopic (exact) mass is 520 g/mol. The molecule has 1 N–H and O–H groups in total. The molecule has 1 aromatic heterocycles. The number of aromatic nitrogens is 2. The minimum Gasteiger partial charge on any atom is -0.351 e. The molecule has 3 fully saturated rings. The molecule has 5 atom stereocenters. The molecule has 6 nitrogen and oxygen atoms in total. The summed E-state index contributed by atoms with van der Waals surface area (Å²) in [5.41, 5.74) is -2.55. The number of fused-ring (bicyclic) bond motifs is 2. The number of nitrogens with zero attached hydrogens (tertiary/aromatic N) is 3. The predicted molar refractivity (Wildman–Crippen MR) is 128 cm³/mol. The first-order valence-electron chi connectivity index (χ1n) is 12.1. The van der Waals surface area contributed by atoms with Crippen molar-refractivity contribution in [2.45, 2.75) is 74.5 Å². The third-order valence-electron chi connectivity index (χ3n) is 8.38. The van der Waals surface area contributed by atoms with Gasteiger partial charge >= 0.3 is 0 Å². The fourth-order valence-electron chi connectivity index (χ4n) is 5.80. The third kappa shape index (κ3) is 4.15. The third-order valence-corrected chi connectivity index (χ3v) is 8.57. The average molecular weight is 521 g/mol. The largest absolute Gasteiger partial charge is 0.351 e. The van der Waals surface area contributed by atoms with Crippen molar-refractivity contribution in [1.82, 2.24) is 15.3 Å². The normalized spacial score (nSPS) is 27.7. The van der Waals surface area contributed by atoms with Crippen molar-refractivity contribution in [3.05, 3.63) is 54.1 Å². The van der Waals surface area contributed by atoms with Gasteiger partial charge in [0.2, 0.25) is 0 Å². The molecule has 0 aliphatic heterocycles. The Hall–Kier alpha value is -2.68. The fraction of sp³-hybridized carbons (Fsp3) is 0.538. The van der Waals surface area contributed by atoms with E-state index in [1.807, 2.05) is 12.1 Å². The standard InChI is InChI=1S/C26H28ClF3N4O2/c1-24(7-8-24)16-3-5-19(6-4-16)34(22(35)21(27)28)25(2,18-12-31-14-32-13-18)23(36)33-20-10-17-9-15(20)11-26(17,29)30/h3-6,12-15,17,20-21H,7-11H2,1-2H3,(H,33,36)/t15?,17?,20-,21+,25-/m1/s1. The second-order valence-electron chi connectivity index (χ2n) is 10.8. The van der Waals surface area contributed by atoms with E-state index in [2.05, 4.69) is 22.2 Å². The van der Waals surface area contributed by atoms with Crippen LogP contribution in [0.25, 0.3) is 0 Å². The number of anilines is 1. The van der Waals surface area contributed by atoms with Crippen molar-refractivity contribution in [1.29, 1.82) is 0 Å². The average Bonchev–Trinajstić information content (AvgIpc) is 3.37. The maximum Gasteiger partial charge on any atom is 0.278 e. The molecule has 5 rings (SSSR count). The summed E-state index contributed by atoms with van der Waals surface area (Å²) >= 11 is 5.63. The van der Waals surface area contributed by atoms with E-state index in [9.17, 15) is 22.8 Å². The van der Waals surface area contributed by atoms with Crippen LogP contribution < -0.4 is 10.2 Å². The van der Waals surface area contributed by atoms with Gasteiger partial charge in [-0.3, -0.25) is 14.5 Å². The molecule has 10 heteroatoms. The lowest BCUT2D eigenvalue weighted by molar-refractivity contribution is -0.132. The summed E-state index contributed by atoms with van der Waals surface area (Å²) < 4.78 is 42.5. The van der Waals surface area contributed by atoms with Crippen LogP contribution in [0, 0.1) is 11.8 Å². The molecule has 0 spiro atoms. The maximum atomic E-state index is 14.4. The summed E-state index contributed by atoms with van der Waals surface area (Å²) in [6.45, 7) is 3.61. The van der Waals surface area contributed by atoms with E-state index in [4.69, 9.17) is 11.6 Å². The molecule has 192 valence electrons. The number of rotatable bonds is 7. The molecule has 2 unspecified atom stereocenters. The van der Waals surface area contributed by atoms with E-state index in [0.717, 1.165) is 23.3 Å². The SMILES string of the molecule is CC1(c2ccc(N(C(=O)[C@H](F)Cl)[C@@](C)(C(=O)N[C@@H]3CC4CC3CC4(F)F)c3cncnc3)cc2)CC1. The van der Waals surface area contributed by atoms with E-state index >= 15 is 0 Å². The zero-order valence-electron chi connectivity index (χ0n) is 20.1. The Morgan fingerprint density at radius 3 is 2.31 bits per heavy atom. The molecule has 2 bridgehead atoms. The minimum absolute atomic E-state index is 0.0697. The van der Waals surface area contributed by atoms with Gasteiger partial charge in [0, 0.05) is 42.0 Å². The topological polar surface area (TPSA) is 75.2 Å². The van der Waals surface area contributed by atoms with Gasteiger partial charge in [0.15, 0.2) is 5.54 Å². The van der Waals surface area contributed by atoms with Crippen LogP contribution in [-0.4, -0.2) is 39.4 Å². The molecule has 1 aromatic carbocycles. The second-order valence-corrected chi connectivity index (χ2v) is 11.1. The van der Waals surface area contributed by atoms with Gasteiger partial charge in [-0.2, -0.15) is 0 Å². The van der Waals surface area contributed by atoms with Gasteiger partial charge in [0.05, 0.1) is 0 Å². The van der Waals surface area contributed by atoms with Crippen LogP contribution >= 0.6 is 11.6 Å². The molecule has 3 saturated carbocycles. The van der Waals surface area contributed by atoms with Gasteiger partial charge in [-0.1, -0.05) is 30.7 Å². The van der Waals surface area contributed by atoms with E-state index in [-0.39, 0.29) is 35.4 Å². The Morgan fingerprint density at radius 2 is 1.81 bits per heavy atom. The summed E-state index contributed by atoms with van der Waals surface area (Å²) in [4.78, 5) is 36.2. The molecule has 2 amide bonds. The van der Waals surface area contributed by atoms with Gasteiger partial charge in [0.25, 0.3) is 23.4 Å². The zero-order chi connectivity index (χ0) is 25.9. The lowest BCUT2D eigenvalue weighted by atomic mass is 9.87. The van der Waals surface area contributed by atoms with E-state index < -0.39 is 40.9 Å². The van der Waals surface area contributed by atoms with Crippen LogP contribution in [0.1, 0.15) is 57.1 Å². The Kier molecular flexibility index (Phi) is 6.05. The van der Waals surface area contributed by atoms with Gasteiger partial charge < -0.3 is 5.32 Å². The highest BCUT2D eigenvalue weighted by Gasteiger charge is 2.58. The predicted octanol–water partition coefficient (Wildman–Crippen LogP) is 4.86. The van der Waals surface area contributed by atoms with E-state index in [1.54, 1.807) is 12.1 Å². The molecule has 3 aliphatic carbocycles. The number of halogens is 4. The Morgan fingerprint density at radius 1 is 1.17 bits per heavy atom. The molecular weight excluding hydrogens is 493 g/mol. The Labute approximate surface area is 212 Å². The number of hydrogen-bond donors (Lipinski definition) is 1. The van der Waals surface area contributed by atoms with Crippen molar-refractivity contribution in [3.8, 4) is 0 Å². The molecule has 3 aliphatic rings. The van der Waals surface area contributed by atoms with Crippen LogP contribution in [0.15, 0.2) is 43.0 Å². The smallest absolute Gasteiger partial charge is 0.278 e. The number of carbonyl (C=O) groups excluding carboxylic acids is 2. The quantitative estimate of drug-likeness (QED) is 0.529. The molecule has 2 aromatic rings. The van der Waals surface area contributed by atoms with Crippen LogP contribution in [0.2, 0.25) is 0 Å². The van der Waals surface area contributed by atoms with Crippen LogP contribution in [0.4, 0.5) is 18.9 Å². The highest BCUT2D eigenvalue weighted by molar-refractivity contribution is 6.32. The summed E-state index contributed by atoms with van der Waals surface area (Å²) in [7, 11) is 0. The second kappa shape index (κ2) is 8.71. The van der Waals surface area contributed by atoms with Gasteiger partial charge in [0.1, 0.15) is 6.33 Å². The lowest BCUT2D eigenvalue weighted by Gasteiger charge is -2.41. The first-order valence-corrected chi connectivity index (χ1v) is 12.6. The lowest BCUT2D eigenvalue weighted by Crippen LogP contribution is -2.60. The first kappa shape index (κ1) is 25.0. The minimum atomic E-state index is -2.73. The summed E-state index contributed by atoms with van der Waals surface area (Å²) in [5, 5.41) is 2.89. The number of alkyl halides is 4. The zero-order valence-corrected chi connectivity index (χ0v) is 20.8. The van der Waals surface area contributed by atoms with Crippen molar-refractivity contribution in [3.63, 3.8) is 0 Å². The van der Waals surface area contributed by atoms with Crippen LogP contribution in [-0.2, 0) is 20.5 Å². The van der Waals surface area contributed by atoms with Crippen molar-refractivity contribution in [2.24, 2.45) is 11.8 Å². The van der Waals surface area contributed by atoms with Gasteiger partial charge in [-0.05, 0) is 61.6 Å². The fourth-order valence-corrected chi connectivity index (χ4v) is 5.90. The number of amides is 2. The van der Waals surface area contributed by atoms with Crippen LogP contribution in [0.3, 0.4) is 0 Å². The Balaban J connectivity index is 1.53. The molecule has 1 heterocycles. The highest BCUT2D eigenvalue weighted by atomic mass is 35.5. The number of hydrogen-bond acceptors (Lipinski definition) is 4. The first-order chi connectivity index (χ1) is 17.0.